The fourth-order valence-electron chi connectivity index (χ4n) is 1.70. The second-order valence-corrected chi connectivity index (χ2v) is 4.86. The van der Waals surface area contributed by atoms with Crippen molar-refractivity contribution in [3.63, 3.8) is 0 Å². The fourth-order valence-corrected chi connectivity index (χ4v) is 2.05. The number of alkyl halides is 3. The number of halogens is 4. The van der Waals surface area contributed by atoms with Crippen molar-refractivity contribution in [1.29, 1.82) is 0 Å². The molecule has 0 atom stereocenters. The van der Waals surface area contributed by atoms with Crippen LogP contribution in [0.25, 0.3) is 5.69 Å². The van der Waals surface area contributed by atoms with Crippen molar-refractivity contribution in [3.8, 4) is 5.69 Å². The Bertz CT molecular complexity index is 578. The maximum absolute atomic E-state index is 12.5. The minimum atomic E-state index is -4.43. The van der Waals surface area contributed by atoms with E-state index in [-0.39, 0.29) is 0 Å². The molecule has 1 N–H and O–H groups in total. The van der Waals surface area contributed by atoms with Gasteiger partial charge in [0.25, 0.3) is 0 Å². The average Bonchev–Trinajstić information content (AvgIpc) is 2.80. The van der Waals surface area contributed by atoms with Crippen LogP contribution in [0.4, 0.5) is 13.2 Å². The predicted molar refractivity (Wildman–Crippen MR) is 69.0 cm³/mol. The number of rotatable bonds is 3. The maximum Gasteiger partial charge on any atom is 0.435 e. The highest BCUT2D eigenvalue weighted by molar-refractivity contribution is 9.10. The largest absolute Gasteiger partial charge is 0.435 e. The van der Waals surface area contributed by atoms with E-state index in [9.17, 15) is 13.2 Å². The molecule has 0 radical (unpaired) electrons. The zero-order valence-corrected chi connectivity index (χ0v) is 11.6. The molecule has 0 aliphatic rings. The van der Waals surface area contributed by atoms with E-state index >= 15 is 0 Å². The van der Waals surface area contributed by atoms with Crippen molar-refractivity contribution >= 4 is 15.9 Å². The molecule has 0 bridgehead atoms. The average molecular weight is 334 g/mol. The Kier molecular flexibility index (Phi) is 3.96. The first-order chi connectivity index (χ1) is 8.91. The molecule has 102 valence electrons. The van der Waals surface area contributed by atoms with Gasteiger partial charge in [0.2, 0.25) is 0 Å². The summed E-state index contributed by atoms with van der Waals surface area (Å²) in [4.78, 5) is 0. The van der Waals surface area contributed by atoms with Gasteiger partial charge in [-0.3, -0.25) is 0 Å². The Morgan fingerprint density at radius 1 is 1.32 bits per heavy atom. The van der Waals surface area contributed by atoms with Crippen LogP contribution in [0.15, 0.2) is 34.9 Å². The van der Waals surface area contributed by atoms with Gasteiger partial charge in [0.15, 0.2) is 5.69 Å². The SMILES string of the molecule is CNCc1ccc(Br)cc1-n1ccc(C(F)(F)F)n1. The first-order valence-electron chi connectivity index (χ1n) is 5.48. The minimum Gasteiger partial charge on any atom is -0.316 e. The molecule has 3 nitrogen and oxygen atoms in total. The van der Waals surface area contributed by atoms with Crippen LogP contribution in [0, 0.1) is 0 Å². The van der Waals surface area contributed by atoms with Crippen LogP contribution in [-0.2, 0) is 12.7 Å². The highest BCUT2D eigenvalue weighted by atomic mass is 79.9. The summed E-state index contributed by atoms with van der Waals surface area (Å²) >= 11 is 3.31. The van der Waals surface area contributed by atoms with Crippen LogP contribution in [0.2, 0.25) is 0 Å². The topological polar surface area (TPSA) is 29.9 Å². The van der Waals surface area contributed by atoms with E-state index in [1.165, 1.54) is 10.9 Å². The molecule has 2 rings (SSSR count). The fraction of sp³-hybridized carbons (Fsp3) is 0.250. The molecule has 1 aromatic carbocycles. The number of aromatic nitrogens is 2. The number of nitrogens with zero attached hydrogens (tertiary/aromatic N) is 2. The van der Waals surface area contributed by atoms with Crippen molar-refractivity contribution in [1.82, 2.24) is 15.1 Å². The van der Waals surface area contributed by atoms with Crippen molar-refractivity contribution in [2.45, 2.75) is 12.7 Å². The van der Waals surface area contributed by atoms with Crippen molar-refractivity contribution in [2.24, 2.45) is 0 Å². The Hall–Kier alpha value is -1.34. The number of hydrogen-bond donors (Lipinski definition) is 1. The second-order valence-electron chi connectivity index (χ2n) is 3.95. The van der Waals surface area contributed by atoms with Gasteiger partial charge in [0.05, 0.1) is 5.69 Å². The predicted octanol–water partition coefficient (Wildman–Crippen LogP) is 3.37. The van der Waals surface area contributed by atoms with E-state index in [1.807, 2.05) is 12.1 Å². The van der Waals surface area contributed by atoms with Crippen molar-refractivity contribution in [2.75, 3.05) is 7.05 Å². The molecule has 1 aromatic heterocycles. The van der Waals surface area contributed by atoms with Crippen LogP contribution in [0.5, 0.6) is 0 Å². The molecule has 7 heteroatoms. The van der Waals surface area contributed by atoms with Crippen molar-refractivity contribution in [3.05, 3.63) is 46.2 Å². The molecule has 0 aliphatic carbocycles. The summed E-state index contributed by atoms with van der Waals surface area (Å²) in [6.45, 7) is 0.545. The first-order valence-corrected chi connectivity index (χ1v) is 6.27. The molecule has 1 heterocycles. The highest BCUT2D eigenvalue weighted by Gasteiger charge is 2.33. The second kappa shape index (κ2) is 5.34. The summed E-state index contributed by atoms with van der Waals surface area (Å²) in [5, 5.41) is 6.55. The van der Waals surface area contributed by atoms with Crippen LogP contribution in [0.3, 0.4) is 0 Å². The summed E-state index contributed by atoms with van der Waals surface area (Å²) in [5.41, 5.74) is 0.574. The molecule has 0 spiro atoms. The van der Waals surface area contributed by atoms with Gasteiger partial charge in [-0.25, -0.2) is 4.68 Å². The van der Waals surface area contributed by atoms with E-state index < -0.39 is 11.9 Å². The van der Waals surface area contributed by atoms with Crippen LogP contribution in [0.1, 0.15) is 11.3 Å². The first kappa shape index (κ1) is 14.1. The van der Waals surface area contributed by atoms with Gasteiger partial charge in [0, 0.05) is 17.2 Å². The Morgan fingerprint density at radius 3 is 2.63 bits per heavy atom. The molecule has 0 aliphatic heterocycles. The highest BCUT2D eigenvalue weighted by Crippen LogP contribution is 2.28. The van der Waals surface area contributed by atoms with E-state index in [2.05, 4.69) is 26.3 Å². The summed E-state index contributed by atoms with van der Waals surface area (Å²) in [7, 11) is 1.77. The van der Waals surface area contributed by atoms with Gasteiger partial charge in [-0.1, -0.05) is 22.0 Å². The Morgan fingerprint density at radius 2 is 2.05 bits per heavy atom. The zero-order chi connectivity index (χ0) is 14.0. The molecule has 0 fully saturated rings. The van der Waals surface area contributed by atoms with Crippen LogP contribution >= 0.6 is 15.9 Å². The van der Waals surface area contributed by atoms with Crippen LogP contribution in [-0.4, -0.2) is 16.8 Å². The maximum atomic E-state index is 12.5. The summed E-state index contributed by atoms with van der Waals surface area (Å²) in [6, 6.07) is 6.37. The van der Waals surface area contributed by atoms with Gasteiger partial charge in [-0.05, 0) is 30.8 Å². The monoisotopic (exact) mass is 333 g/mol. The lowest BCUT2D eigenvalue weighted by molar-refractivity contribution is -0.141. The lowest BCUT2D eigenvalue weighted by Crippen LogP contribution is -2.11. The molecule has 19 heavy (non-hydrogen) atoms. The Balaban J connectivity index is 2.46. The van der Waals surface area contributed by atoms with Crippen molar-refractivity contribution < 1.29 is 13.2 Å². The molecular formula is C12H11BrF3N3. The van der Waals surface area contributed by atoms with Gasteiger partial charge in [0.1, 0.15) is 0 Å². The normalized spacial score (nSPS) is 11.8. The quantitative estimate of drug-likeness (QED) is 0.933. The number of hydrogen-bond acceptors (Lipinski definition) is 2. The standard InChI is InChI=1S/C12H11BrF3N3/c1-17-7-8-2-3-9(13)6-10(8)19-5-4-11(18-19)12(14,15)16/h2-6,17H,7H2,1H3. The van der Waals surface area contributed by atoms with Gasteiger partial charge >= 0.3 is 6.18 Å². The molecule has 0 saturated heterocycles. The lowest BCUT2D eigenvalue weighted by atomic mass is 10.2. The van der Waals surface area contributed by atoms with E-state index in [0.717, 1.165) is 16.1 Å². The van der Waals surface area contributed by atoms with E-state index in [4.69, 9.17) is 0 Å². The van der Waals surface area contributed by atoms with Gasteiger partial charge in [-0.15, -0.1) is 0 Å². The summed E-state index contributed by atoms with van der Waals surface area (Å²) < 4.78 is 39.7. The number of nitrogens with one attached hydrogen (secondary N) is 1. The molecule has 0 amide bonds. The van der Waals surface area contributed by atoms with Gasteiger partial charge < -0.3 is 5.32 Å². The Labute approximate surface area is 116 Å². The third kappa shape index (κ3) is 3.16. The lowest BCUT2D eigenvalue weighted by Gasteiger charge is -2.10. The molecule has 0 unspecified atom stereocenters. The van der Waals surface area contributed by atoms with E-state index in [1.54, 1.807) is 13.1 Å². The van der Waals surface area contributed by atoms with Crippen LogP contribution < -0.4 is 5.32 Å². The molecule has 0 saturated carbocycles. The van der Waals surface area contributed by atoms with E-state index in [0.29, 0.717) is 12.2 Å². The molecule has 2 aromatic rings. The number of benzene rings is 1. The summed E-state index contributed by atoms with van der Waals surface area (Å²) in [5.74, 6) is 0. The third-order valence-electron chi connectivity index (χ3n) is 2.54. The van der Waals surface area contributed by atoms with Gasteiger partial charge in [-0.2, -0.15) is 18.3 Å². The zero-order valence-electron chi connectivity index (χ0n) is 10.0. The third-order valence-corrected chi connectivity index (χ3v) is 3.03. The smallest absolute Gasteiger partial charge is 0.316 e. The minimum absolute atomic E-state index is 0.545. The molecular weight excluding hydrogens is 323 g/mol. The summed E-state index contributed by atoms with van der Waals surface area (Å²) in [6.07, 6.45) is -3.12.